The smallest absolute Gasteiger partial charge is 0.147 e. The van der Waals surface area contributed by atoms with E-state index < -0.39 is 0 Å². The van der Waals surface area contributed by atoms with Crippen LogP contribution in [0.3, 0.4) is 0 Å². The molecule has 0 aliphatic carbocycles. The largest absolute Gasteiger partial charge is 0.498 e. The van der Waals surface area contributed by atoms with Gasteiger partial charge in [0.25, 0.3) is 0 Å². The normalized spacial score (nSPS) is 11.4. The Labute approximate surface area is 314 Å². The summed E-state index contributed by atoms with van der Waals surface area (Å²) < 4.78 is 6.25. The van der Waals surface area contributed by atoms with Crippen LogP contribution in [0.15, 0.2) is 114 Å². The summed E-state index contributed by atoms with van der Waals surface area (Å²) in [7, 11) is 0. The molecular weight excluding hydrogens is 803 g/mol. The summed E-state index contributed by atoms with van der Waals surface area (Å²) in [5, 5.41) is 3.20. The van der Waals surface area contributed by atoms with E-state index in [2.05, 4.69) is 129 Å². The molecule has 0 saturated carbocycles. The Bertz CT molecular complexity index is 2470. The number of hydrogen-bond donors (Lipinski definition) is 0. The number of rotatable bonds is 4. The molecule has 0 unspecified atom stereocenters. The van der Waals surface area contributed by atoms with E-state index in [1.54, 1.807) is 6.20 Å². The van der Waals surface area contributed by atoms with Gasteiger partial charge in [0, 0.05) is 49.5 Å². The molecule has 0 atom stereocenters. The molecule has 0 aliphatic rings. The van der Waals surface area contributed by atoms with Gasteiger partial charge in [0.05, 0.1) is 5.58 Å². The molecule has 51 heavy (non-hydrogen) atoms. The van der Waals surface area contributed by atoms with Crippen LogP contribution >= 0.6 is 0 Å². The van der Waals surface area contributed by atoms with Gasteiger partial charge in [-0.05, 0) is 72.3 Å². The second-order valence-electron chi connectivity index (χ2n) is 14.5. The van der Waals surface area contributed by atoms with Crippen LogP contribution in [0, 0.1) is 45.2 Å². The van der Waals surface area contributed by atoms with Crippen molar-refractivity contribution >= 4 is 32.8 Å². The van der Waals surface area contributed by atoms with Crippen molar-refractivity contribution < 1.29 is 24.5 Å². The van der Waals surface area contributed by atoms with Crippen LogP contribution in [-0.4, -0.2) is 15.0 Å². The van der Waals surface area contributed by atoms with Crippen molar-refractivity contribution in [3.8, 4) is 33.6 Å². The summed E-state index contributed by atoms with van der Waals surface area (Å²) >= 11 is 0. The summed E-state index contributed by atoms with van der Waals surface area (Å²) in [5.41, 5.74) is 15.3. The molecule has 0 bridgehead atoms. The van der Waals surface area contributed by atoms with Gasteiger partial charge in [-0.3, -0.25) is 4.98 Å². The van der Waals surface area contributed by atoms with E-state index in [0.717, 1.165) is 67.3 Å². The number of nitrogens with zero attached hydrogens (tertiary/aromatic N) is 3. The van der Waals surface area contributed by atoms with Crippen molar-refractivity contribution in [2.75, 3.05) is 0 Å². The average molecular weight is 844 g/mol. The number of fused-ring (bicyclic) bond motifs is 5. The van der Waals surface area contributed by atoms with Gasteiger partial charge in [-0.2, -0.15) is 0 Å². The predicted molar refractivity (Wildman–Crippen MR) is 207 cm³/mol. The molecule has 4 nitrogen and oxygen atoms in total. The van der Waals surface area contributed by atoms with Crippen molar-refractivity contribution in [1.29, 1.82) is 0 Å². The molecule has 257 valence electrons. The van der Waals surface area contributed by atoms with Gasteiger partial charge in [-0.25, -0.2) is 0 Å². The van der Waals surface area contributed by atoms with Crippen molar-refractivity contribution in [1.82, 2.24) is 15.0 Å². The molecule has 5 heteroatoms. The molecule has 0 fully saturated rings. The maximum absolute atomic E-state index is 6.25. The molecule has 0 N–H and O–H groups in total. The quantitative estimate of drug-likeness (QED) is 0.166. The molecule has 0 aliphatic heterocycles. The van der Waals surface area contributed by atoms with E-state index in [1.165, 1.54) is 33.4 Å². The zero-order chi connectivity index (χ0) is 35.0. The Hall–Kier alpha value is -4.96. The minimum absolute atomic E-state index is 0. The fraction of sp³-hybridized carbons (Fsp3) is 0.196. The van der Waals surface area contributed by atoms with Crippen molar-refractivity contribution in [2.45, 2.75) is 54.9 Å². The van der Waals surface area contributed by atoms with E-state index in [0.29, 0.717) is 5.41 Å². The minimum Gasteiger partial charge on any atom is -0.498 e. The standard InChI is InChI=1S/C25H28N.C21H13N2O.Ir/c1-17-7-10-22(24-13-18(2)19(3)16-26-24)14-23(17)21-11-8-20(9-12-21)15-25(4,5)6;1-13-7-10-18(23-12-13)17-6-2-5-15-16-9-8-14-4-3-11-22-19(14)21(16)24-20(15)17;/h7-9,11-14,16H,15H2,1-6H3;2-5,7-12H,1H3;/q2*-1;. The zero-order valence-electron chi connectivity index (χ0n) is 30.2. The Morgan fingerprint density at radius 1 is 0.686 bits per heavy atom. The average Bonchev–Trinajstić information content (AvgIpc) is 3.50. The fourth-order valence-electron chi connectivity index (χ4n) is 6.35. The van der Waals surface area contributed by atoms with Crippen LogP contribution in [0.25, 0.3) is 66.5 Å². The van der Waals surface area contributed by atoms with Crippen molar-refractivity contribution in [3.63, 3.8) is 0 Å². The third-order valence-electron chi connectivity index (χ3n) is 9.14. The number of pyridine rings is 3. The van der Waals surface area contributed by atoms with E-state index in [4.69, 9.17) is 4.42 Å². The number of benzene rings is 4. The Balaban J connectivity index is 0.000000173. The first-order chi connectivity index (χ1) is 24.0. The molecule has 4 heterocycles. The second-order valence-corrected chi connectivity index (χ2v) is 14.5. The van der Waals surface area contributed by atoms with Crippen molar-refractivity contribution in [2.24, 2.45) is 5.41 Å². The Morgan fingerprint density at radius 2 is 1.45 bits per heavy atom. The van der Waals surface area contributed by atoms with Crippen LogP contribution in [-0.2, 0) is 26.5 Å². The van der Waals surface area contributed by atoms with Gasteiger partial charge in [0.1, 0.15) is 11.1 Å². The summed E-state index contributed by atoms with van der Waals surface area (Å²) in [4.78, 5) is 13.6. The summed E-state index contributed by atoms with van der Waals surface area (Å²) in [5.74, 6) is 0. The maximum Gasteiger partial charge on any atom is 0.147 e. The zero-order valence-corrected chi connectivity index (χ0v) is 32.6. The molecule has 0 saturated heterocycles. The van der Waals surface area contributed by atoms with Crippen molar-refractivity contribution in [3.05, 3.63) is 150 Å². The first-order valence-electron chi connectivity index (χ1n) is 17.1. The summed E-state index contributed by atoms with van der Waals surface area (Å²) in [6.45, 7) is 15.2. The summed E-state index contributed by atoms with van der Waals surface area (Å²) in [6.07, 6.45) is 6.69. The first-order valence-corrected chi connectivity index (χ1v) is 17.1. The van der Waals surface area contributed by atoms with Crippen LogP contribution in [0.4, 0.5) is 0 Å². The number of aryl methyl sites for hydroxylation is 4. The molecule has 8 rings (SSSR count). The van der Waals surface area contributed by atoms with Gasteiger partial charge in [0.15, 0.2) is 0 Å². The molecule has 0 spiro atoms. The van der Waals surface area contributed by atoms with Crippen LogP contribution in [0.5, 0.6) is 0 Å². The van der Waals surface area contributed by atoms with Gasteiger partial charge in [-0.15, -0.1) is 47.5 Å². The van der Waals surface area contributed by atoms with Gasteiger partial charge < -0.3 is 14.4 Å². The van der Waals surface area contributed by atoms with E-state index in [1.807, 2.05) is 49.6 Å². The fourth-order valence-corrected chi connectivity index (χ4v) is 6.35. The first kappa shape index (κ1) is 35.9. The topological polar surface area (TPSA) is 51.8 Å². The maximum atomic E-state index is 6.25. The van der Waals surface area contributed by atoms with Crippen LogP contribution in [0.2, 0.25) is 0 Å². The molecular formula is C46H41IrN3O-2. The molecule has 1 radical (unpaired) electrons. The van der Waals surface area contributed by atoms with Crippen LogP contribution in [0.1, 0.15) is 48.6 Å². The third-order valence-corrected chi connectivity index (χ3v) is 9.14. The van der Waals surface area contributed by atoms with E-state index in [9.17, 15) is 0 Å². The number of hydrogen-bond acceptors (Lipinski definition) is 4. The molecule has 4 aromatic carbocycles. The second kappa shape index (κ2) is 14.7. The number of furan rings is 1. The Kier molecular flexibility index (Phi) is 10.3. The monoisotopic (exact) mass is 844 g/mol. The van der Waals surface area contributed by atoms with Gasteiger partial charge in [0.2, 0.25) is 0 Å². The van der Waals surface area contributed by atoms with Crippen LogP contribution < -0.4 is 0 Å². The molecule has 4 aromatic heterocycles. The Morgan fingerprint density at radius 3 is 2.18 bits per heavy atom. The SMILES string of the molecule is Cc1ccc(-c2[c-]ccc3c2oc2c3ccc3cccnc32)nc1.Cc1cnc(-c2[c-]cc(C)c(-c3ccc(CC(C)(C)C)cc3)c2)cc1C.[Ir]. The molecule has 0 amide bonds. The molecule has 8 aromatic rings. The summed E-state index contributed by atoms with van der Waals surface area (Å²) in [6, 6.07) is 38.3. The van der Waals surface area contributed by atoms with Gasteiger partial charge in [-0.1, -0.05) is 110 Å². The predicted octanol–water partition coefficient (Wildman–Crippen LogP) is 12.0. The number of aromatic nitrogens is 3. The third kappa shape index (κ3) is 7.71. The van der Waals surface area contributed by atoms with E-state index >= 15 is 0 Å². The van der Waals surface area contributed by atoms with Gasteiger partial charge >= 0.3 is 0 Å². The van der Waals surface area contributed by atoms with E-state index in [-0.39, 0.29) is 20.1 Å². The minimum atomic E-state index is 0.